The van der Waals surface area contributed by atoms with Gasteiger partial charge in [-0.05, 0) is 29.8 Å². The van der Waals surface area contributed by atoms with E-state index in [1.54, 1.807) is 6.20 Å². The van der Waals surface area contributed by atoms with Crippen molar-refractivity contribution < 1.29 is 4.79 Å². The van der Waals surface area contributed by atoms with E-state index in [-0.39, 0.29) is 6.04 Å². The lowest BCUT2D eigenvalue weighted by Crippen LogP contribution is -2.03. The number of carbonyl (C=O) groups excluding carboxylic acids is 1. The zero-order valence-electron chi connectivity index (χ0n) is 6.41. The molecule has 0 aliphatic heterocycles. The van der Waals surface area contributed by atoms with Crippen LogP contribution in [-0.2, 0) is 0 Å². The van der Waals surface area contributed by atoms with Gasteiger partial charge in [-0.15, -0.1) is 0 Å². The van der Waals surface area contributed by atoms with E-state index in [4.69, 9.17) is 0 Å². The van der Waals surface area contributed by atoms with Gasteiger partial charge in [0.25, 0.3) is 0 Å². The molecule has 0 bridgehead atoms. The van der Waals surface area contributed by atoms with Crippen LogP contribution in [0.5, 0.6) is 0 Å². The van der Waals surface area contributed by atoms with Gasteiger partial charge in [-0.25, -0.2) is 4.98 Å². The van der Waals surface area contributed by atoms with Crippen molar-refractivity contribution in [2.45, 2.75) is 19.9 Å². The van der Waals surface area contributed by atoms with Gasteiger partial charge in [-0.1, -0.05) is 0 Å². The molecule has 0 saturated heterocycles. The maximum atomic E-state index is 10.4. The predicted octanol–water partition coefficient (Wildman–Crippen LogP) is 2.04. The molecule has 0 amide bonds. The van der Waals surface area contributed by atoms with E-state index in [1.807, 2.05) is 18.4 Å². The minimum atomic E-state index is 0.272. The Kier molecular flexibility index (Phi) is 2.44. The molecule has 0 aliphatic carbocycles. The summed E-state index contributed by atoms with van der Waals surface area (Å²) in [6, 6.07) is 0.272. The minimum Gasteiger partial charge on any atom is -0.325 e. The molecular formula is C7H9BrN2O. The summed E-state index contributed by atoms with van der Waals surface area (Å²) in [5.74, 6) is 0.465. The lowest BCUT2D eigenvalue weighted by Gasteiger charge is -2.06. The highest BCUT2D eigenvalue weighted by Crippen LogP contribution is 2.13. The van der Waals surface area contributed by atoms with Crippen molar-refractivity contribution in [1.29, 1.82) is 0 Å². The average Bonchev–Trinajstić information content (AvgIpc) is 2.30. The van der Waals surface area contributed by atoms with Gasteiger partial charge in [0.2, 0.25) is 0 Å². The smallest absolute Gasteiger partial charge is 0.185 e. The van der Waals surface area contributed by atoms with Crippen molar-refractivity contribution >= 4 is 22.2 Å². The van der Waals surface area contributed by atoms with Crippen LogP contribution in [0.4, 0.5) is 0 Å². The molecule has 0 fully saturated rings. The predicted molar refractivity (Wildman–Crippen MR) is 45.7 cm³/mol. The molecule has 0 saturated carbocycles. The van der Waals surface area contributed by atoms with Crippen molar-refractivity contribution in [1.82, 2.24) is 9.55 Å². The molecule has 0 unspecified atom stereocenters. The van der Waals surface area contributed by atoms with Crippen LogP contribution in [-0.4, -0.2) is 15.8 Å². The molecule has 1 aromatic rings. The van der Waals surface area contributed by atoms with Crippen LogP contribution in [0.2, 0.25) is 0 Å². The van der Waals surface area contributed by atoms with Gasteiger partial charge in [-0.3, -0.25) is 4.79 Å². The summed E-state index contributed by atoms with van der Waals surface area (Å²) in [5.41, 5.74) is 0. The Hall–Kier alpha value is -0.640. The fourth-order valence-electron chi connectivity index (χ4n) is 0.878. The summed E-state index contributed by atoms with van der Waals surface area (Å²) in [5, 5.41) is 0. The van der Waals surface area contributed by atoms with Gasteiger partial charge in [0.15, 0.2) is 12.1 Å². The number of aromatic nitrogens is 2. The van der Waals surface area contributed by atoms with E-state index >= 15 is 0 Å². The van der Waals surface area contributed by atoms with Crippen LogP contribution in [0.25, 0.3) is 0 Å². The van der Waals surface area contributed by atoms with Crippen molar-refractivity contribution in [3.05, 3.63) is 16.6 Å². The van der Waals surface area contributed by atoms with E-state index in [0.717, 1.165) is 6.29 Å². The highest BCUT2D eigenvalue weighted by Gasteiger charge is 2.06. The van der Waals surface area contributed by atoms with E-state index in [2.05, 4.69) is 20.9 Å². The molecule has 0 N–H and O–H groups in total. The zero-order valence-corrected chi connectivity index (χ0v) is 8.00. The first-order valence-electron chi connectivity index (χ1n) is 3.34. The van der Waals surface area contributed by atoms with Gasteiger partial charge in [0.1, 0.15) is 4.60 Å². The molecule has 0 radical (unpaired) electrons. The SMILES string of the molecule is CC(C)n1cc(Br)nc1C=O. The third-order valence-corrected chi connectivity index (χ3v) is 1.78. The Bertz CT molecular complexity index is 267. The fraction of sp³-hybridized carbons (Fsp3) is 0.429. The fourth-order valence-corrected chi connectivity index (χ4v) is 1.28. The average molecular weight is 217 g/mol. The molecule has 1 aromatic heterocycles. The van der Waals surface area contributed by atoms with Crippen LogP contribution in [0.15, 0.2) is 10.8 Å². The molecule has 0 atom stereocenters. The summed E-state index contributed by atoms with van der Waals surface area (Å²) < 4.78 is 2.52. The molecule has 11 heavy (non-hydrogen) atoms. The molecule has 1 rings (SSSR count). The van der Waals surface area contributed by atoms with E-state index in [1.165, 1.54) is 0 Å². The number of carbonyl (C=O) groups is 1. The van der Waals surface area contributed by atoms with Gasteiger partial charge >= 0.3 is 0 Å². The van der Waals surface area contributed by atoms with Gasteiger partial charge < -0.3 is 4.57 Å². The molecule has 1 heterocycles. The van der Waals surface area contributed by atoms with E-state index < -0.39 is 0 Å². The number of nitrogens with zero attached hydrogens (tertiary/aromatic N) is 2. The molecule has 0 aliphatic rings. The van der Waals surface area contributed by atoms with Gasteiger partial charge in [0, 0.05) is 12.2 Å². The minimum absolute atomic E-state index is 0.272. The molecule has 4 heteroatoms. The van der Waals surface area contributed by atoms with Crippen molar-refractivity contribution in [2.75, 3.05) is 0 Å². The third kappa shape index (κ3) is 1.68. The van der Waals surface area contributed by atoms with E-state index in [0.29, 0.717) is 10.4 Å². The Morgan fingerprint density at radius 1 is 1.73 bits per heavy atom. The third-order valence-electron chi connectivity index (χ3n) is 1.39. The Labute approximate surface area is 73.6 Å². The van der Waals surface area contributed by atoms with Crippen molar-refractivity contribution in [3.8, 4) is 0 Å². The standard InChI is InChI=1S/C7H9BrN2O/c1-5(2)10-3-6(8)9-7(10)4-11/h3-5H,1-2H3. The second kappa shape index (κ2) is 3.17. The second-order valence-electron chi connectivity index (χ2n) is 2.54. The first-order chi connectivity index (χ1) is 5.15. The van der Waals surface area contributed by atoms with Crippen LogP contribution in [0.1, 0.15) is 30.5 Å². The van der Waals surface area contributed by atoms with Crippen molar-refractivity contribution in [3.63, 3.8) is 0 Å². The summed E-state index contributed by atoms with van der Waals surface area (Å²) in [7, 11) is 0. The van der Waals surface area contributed by atoms with Crippen LogP contribution in [0, 0.1) is 0 Å². The molecule has 0 spiro atoms. The number of imidazole rings is 1. The highest BCUT2D eigenvalue weighted by molar-refractivity contribution is 9.10. The first kappa shape index (κ1) is 8.46. The number of halogens is 1. The normalized spacial score (nSPS) is 10.5. The Balaban J connectivity index is 3.11. The van der Waals surface area contributed by atoms with Crippen molar-refractivity contribution in [2.24, 2.45) is 0 Å². The number of hydrogen-bond acceptors (Lipinski definition) is 2. The maximum Gasteiger partial charge on any atom is 0.185 e. The summed E-state index contributed by atoms with van der Waals surface area (Å²) in [4.78, 5) is 14.4. The number of aldehydes is 1. The Morgan fingerprint density at radius 3 is 2.73 bits per heavy atom. The molecule has 0 aromatic carbocycles. The lowest BCUT2D eigenvalue weighted by molar-refractivity contribution is 0.111. The molecule has 3 nitrogen and oxygen atoms in total. The monoisotopic (exact) mass is 216 g/mol. The molecule has 60 valence electrons. The topological polar surface area (TPSA) is 34.9 Å². The Morgan fingerprint density at radius 2 is 2.36 bits per heavy atom. The zero-order chi connectivity index (χ0) is 8.43. The van der Waals surface area contributed by atoms with Gasteiger partial charge in [0.05, 0.1) is 0 Å². The summed E-state index contributed by atoms with van der Waals surface area (Å²) in [6.45, 7) is 4.00. The summed E-state index contributed by atoms with van der Waals surface area (Å²) in [6.07, 6.45) is 2.55. The van der Waals surface area contributed by atoms with Crippen LogP contribution < -0.4 is 0 Å². The quantitative estimate of drug-likeness (QED) is 0.710. The first-order valence-corrected chi connectivity index (χ1v) is 4.14. The molecular weight excluding hydrogens is 208 g/mol. The highest BCUT2D eigenvalue weighted by atomic mass is 79.9. The largest absolute Gasteiger partial charge is 0.325 e. The maximum absolute atomic E-state index is 10.4. The number of hydrogen-bond donors (Lipinski definition) is 0. The summed E-state index contributed by atoms with van der Waals surface area (Å²) >= 11 is 3.20. The van der Waals surface area contributed by atoms with Crippen LogP contribution in [0.3, 0.4) is 0 Å². The lowest BCUT2D eigenvalue weighted by atomic mass is 10.4. The second-order valence-corrected chi connectivity index (χ2v) is 3.35. The van der Waals surface area contributed by atoms with Gasteiger partial charge in [-0.2, -0.15) is 0 Å². The number of rotatable bonds is 2. The van der Waals surface area contributed by atoms with E-state index in [9.17, 15) is 4.79 Å². The van der Waals surface area contributed by atoms with Crippen LogP contribution >= 0.6 is 15.9 Å².